The molecule has 1 nitrogen and oxygen atoms in total. The van der Waals surface area contributed by atoms with E-state index in [1.54, 1.807) is 0 Å². The van der Waals surface area contributed by atoms with Gasteiger partial charge in [0.1, 0.15) is 0 Å². The molecule has 1 saturated heterocycles. The van der Waals surface area contributed by atoms with Crippen LogP contribution in [0.1, 0.15) is 29.2 Å². The maximum Gasteiger partial charge on any atom is 0.0464 e. The third-order valence-corrected chi connectivity index (χ3v) is 3.28. The Morgan fingerprint density at radius 2 is 1.85 bits per heavy atom. The summed E-state index contributed by atoms with van der Waals surface area (Å²) >= 11 is 6.10. The van der Waals surface area contributed by atoms with Gasteiger partial charge < -0.3 is 5.32 Å². The van der Waals surface area contributed by atoms with Gasteiger partial charge in [-0.15, -0.1) is 0 Å². The minimum Gasteiger partial charge on any atom is -0.310 e. The van der Waals surface area contributed by atoms with Crippen molar-refractivity contribution in [2.75, 3.05) is 6.54 Å². The summed E-state index contributed by atoms with van der Waals surface area (Å²) in [5.41, 5.74) is 3.75. The van der Waals surface area contributed by atoms with E-state index in [0.29, 0.717) is 6.04 Å². The maximum absolute atomic E-state index is 6.10. The van der Waals surface area contributed by atoms with Crippen molar-refractivity contribution in [1.82, 2.24) is 5.32 Å². The Kier molecular flexibility index (Phi) is 2.31. The molecule has 1 aliphatic heterocycles. The normalized spacial score (nSPS) is 21.3. The van der Waals surface area contributed by atoms with Gasteiger partial charge in [0.05, 0.1) is 0 Å². The Morgan fingerprint density at radius 1 is 1.31 bits per heavy atom. The molecule has 1 heterocycles. The number of rotatable bonds is 1. The SMILES string of the molecule is Cc1cc([C@@H]2CCN2)cc(C)c1Cl. The smallest absolute Gasteiger partial charge is 0.0464 e. The molecule has 2 rings (SSSR count). The molecule has 70 valence electrons. The van der Waals surface area contributed by atoms with Gasteiger partial charge in [0.25, 0.3) is 0 Å². The third-order valence-electron chi connectivity index (χ3n) is 2.68. The van der Waals surface area contributed by atoms with E-state index in [1.165, 1.54) is 23.1 Å². The number of nitrogens with one attached hydrogen (secondary N) is 1. The minimum atomic E-state index is 0.565. The van der Waals surface area contributed by atoms with E-state index in [1.807, 2.05) is 0 Å². The highest BCUT2D eigenvalue weighted by atomic mass is 35.5. The summed E-state index contributed by atoms with van der Waals surface area (Å²) in [6.45, 7) is 5.28. The Balaban J connectivity index is 2.37. The number of benzene rings is 1. The van der Waals surface area contributed by atoms with Crippen LogP contribution in [0.3, 0.4) is 0 Å². The van der Waals surface area contributed by atoms with Crippen LogP contribution in [-0.2, 0) is 0 Å². The lowest BCUT2D eigenvalue weighted by atomic mass is 9.95. The van der Waals surface area contributed by atoms with E-state index in [-0.39, 0.29) is 0 Å². The van der Waals surface area contributed by atoms with Crippen molar-refractivity contribution in [3.05, 3.63) is 33.8 Å². The van der Waals surface area contributed by atoms with Gasteiger partial charge in [0, 0.05) is 11.1 Å². The lowest BCUT2D eigenvalue weighted by molar-refractivity contribution is 0.383. The lowest BCUT2D eigenvalue weighted by Gasteiger charge is -2.28. The molecular formula is C11H14ClN. The molecule has 13 heavy (non-hydrogen) atoms. The van der Waals surface area contributed by atoms with Crippen LogP contribution in [0.15, 0.2) is 12.1 Å². The van der Waals surface area contributed by atoms with E-state index in [0.717, 1.165) is 11.6 Å². The molecule has 2 heteroatoms. The standard InChI is InChI=1S/C11H14ClN/c1-7-5-9(10-3-4-13-10)6-8(2)11(7)12/h5-6,10,13H,3-4H2,1-2H3/t10-/m0/s1. The molecule has 0 radical (unpaired) electrons. The van der Waals surface area contributed by atoms with Crippen molar-refractivity contribution in [1.29, 1.82) is 0 Å². The van der Waals surface area contributed by atoms with Crippen LogP contribution >= 0.6 is 11.6 Å². The van der Waals surface area contributed by atoms with Crippen molar-refractivity contribution < 1.29 is 0 Å². The second kappa shape index (κ2) is 3.32. The summed E-state index contributed by atoms with van der Waals surface area (Å²) in [6.07, 6.45) is 1.25. The second-order valence-electron chi connectivity index (χ2n) is 3.76. The van der Waals surface area contributed by atoms with Crippen LogP contribution in [0.5, 0.6) is 0 Å². The minimum absolute atomic E-state index is 0.565. The van der Waals surface area contributed by atoms with Crippen molar-refractivity contribution >= 4 is 11.6 Å². The Bertz CT molecular complexity index is 306. The van der Waals surface area contributed by atoms with Gasteiger partial charge in [-0.25, -0.2) is 0 Å². The fourth-order valence-electron chi connectivity index (χ4n) is 1.75. The lowest BCUT2D eigenvalue weighted by Crippen LogP contribution is -2.34. The highest BCUT2D eigenvalue weighted by Crippen LogP contribution is 2.28. The van der Waals surface area contributed by atoms with Gasteiger partial charge in [-0.1, -0.05) is 23.7 Å². The van der Waals surface area contributed by atoms with Crippen LogP contribution in [0.2, 0.25) is 5.02 Å². The zero-order valence-electron chi connectivity index (χ0n) is 8.02. The first kappa shape index (κ1) is 9.04. The average molecular weight is 196 g/mol. The molecular weight excluding hydrogens is 182 g/mol. The number of aryl methyl sites for hydroxylation is 2. The van der Waals surface area contributed by atoms with E-state index in [9.17, 15) is 0 Å². The third kappa shape index (κ3) is 1.59. The van der Waals surface area contributed by atoms with Gasteiger partial charge in [-0.05, 0) is 43.5 Å². The average Bonchev–Trinajstić information content (AvgIpc) is 1.96. The quantitative estimate of drug-likeness (QED) is 0.727. The number of halogens is 1. The summed E-state index contributed by atoms with van der Waals surface area (Å²) in [5.74, 6) is 0. The first-order valence-corrected chi connectivity index (χ1v) is 5.06. The van der Waals surface area contributed by atoms with Gasteiger partial charge in [-0.3, -0.25) is 0 Å². The first-order valence-electron chi connectivity index (χ1n) is 4.68. The molecule has 0 spiro atoms. The van der Waals surface area contributed by atoms with Crippen molar-refractivity contribution in [3.63, 3.8) is 0 Å². The largest absolute Gasteiger partial charge is 0.310 e. The summed E-state index contributed by atoms with van der Waals surface area (Å²) in [5, 5.41) is 4.30. The highest BCUT2D eigenvalue weighted by molar-refractivity contribution is 6.32. The Morgan fingerprint density at radius 3 is 2.23 bits per heavy atom. The van der Waals surface area contributed by atoms with E-state index < -0.39 is 0 Å². The topological polar surface area (TPSA) is 12.0 Å². The second-order valence-corrected chi connectivity index (χ2v) is 4.14. The molecule has 0 amide bonds. The molecule has 1 atom stereocenters. The van der Waals surface area contributed by atoms with Gasteiger partial charge >= 0.3 is 0 Å². The van der Waals surface area contributed by atoms with E-state index >= 15 is 0 Å². The van der Waals surface area contributed by atoms with Crippen LogP contribution in [0.25, 0.3) is 0 Å². The number of hydrogen-bond donors (Lipinski definition) is 1. The molecule has 0 aromatic heterocycles. The zero-order chi connectivity index (χ0) is 9.42. The molecule has 1 fully saturated rings. The summed E-state index contributed by atoms with van der Waals surface area (Å²) in [4.78, 5) is 0. The molecule has 0 unspecified atom stereocenters. The number of hydrogen-bond acceptors (Lipinski definition) is 1. The molecule has 1 aromatic rings. The van der Waals surface area contributed by atoms with E-state index in [4.69, 9.17) is 11.6 Å². The predicted molar refractivity (Wildman–Crippen MR) is 56.3 cm³/mol. The molecule has 0 saturated carbocycles. The van der Waals surface area contributed by atoms with Crippen molar-refractivity contribution in [2.24, 2.45) is 0 Å². The first-order chi connectivity index (χ1) is 6.18. The van der Waals surface area contributed by atoms with E-state index in [2.05, 4.69) is 31.3 Å². The van der Waals surface area contributed by atoms with Crippen LogP contribution in [0, 0.1) is 13.8 Å². The fraction of sp³-hybridized carbons (Fsp3) is 0.455. The van der Waals surface area contributed by atoms with Crippen LogP contribution < -0.4 is 5.32 Å². The maximum atomic E-state index is 6.10. The van der Waals surface area contributed by atoms with Gasteiger partial charge in [0.2, 0.25) is 0 Å². The van der Waals surface area contributed by atoms with Crippen molar-refractivity contribution in [2.45, 2.75) is 26.3 Å². The summed E-state index contributed by atoms with van der Waals surface area (Å²) in [7, 11) is 0. The highest BCUT2D eigenvalue weighted by Gasteiger charge is 2.19. The predicted octanol–water partition coefficient (Wildman–Crippen LogP) is 2.99. The zero-order valence-corrected chi connectivity index (χ0v) is 8.78. The van der Waals surface area contributed by atoms with Crippen LogP contribution in [0.4, 0.5) is 0 Å². The monoisotopic (exact) mass is 195 g/mol. The Hall–Kier alpha value is -0.530. The van der Waals surface area contributed by atoms with Crippen LogP contribution in [-0.4, -0.2) is 6.54 Å². The fourth-order valence-corrected chi connectivity index (χ4v) is 1.86. The molecule has 0 bridgehead atoms. The molecule has 0 aliphatic carbocycles. The Labute approximate surface area is 84.1 Å². The van der Waals surface area contributed by atoms with Gasteiger partial charge in [-0.2, -0.15) is 0 Å². The molecule has 1 N–H and O–H groups in total. The van der Waals surface area contributed by atoms with Crippen molar-refractivity contribution in [3.8, 4) is 0 Å². The summed E-state index contributed by atoms with van der Waals surface area (Å²) in [6, 6.07) is 4.94. The summed E-state index contributed by atoms with van der Waals surface area (Å²) < 4.78 is 0. The van der Waals surface area contributed by atoms with Gasteiger partial charge in [0.15, 0.2) is 0 Å². The molecule has 1 aromatic carbocycles. The molecule has 1 aliphatic rings.